The molecule has 0 aliphatic rings. The molecule has 74 valence electrons. The van der Waals surface area contributed by atoms with Gasteiger partial charge in [0, 0.05) is 6.07 Å². The van der Waals surface area contributed by atoms with Crippen LogP contribution < -0.4 is 4.74 Å². The molecule has 0 atom stereocenters. The summed E-state index contributed by atoms with van der Waals surface area (Å²) in [6.07, 6.45) is 0. The van der Waals surface area contributed by atoms with Crippen LogP contribution in [0.3, 0.4) is 0 Å². The predicted octanol–water partition coefficient (Wildman–Crippen LogP) is 2.44. The lowest BCUT2D eigenvalue weighted by Crippen LogP contribution is -2.22. The minimum atomic E-state index is -0.356. The number of phenolic OH excluding ortho intramolecular Hbond substituents is 1. The number of nitriles is 1. The van der Waals surface area contributed by atoms with Gasteiger partial charge >= 0.3 is 0 Å². The van der Waals surface area contributed by atoms with Crippen molar-refractivity contribution in [3.63, 3.8) is 0 Å². The third kappa shape index (κ3) is 2.67. The van der Waals surface area contributed by atoms with Gasteiger partial charge in [-0.05, 0) is 32.9 Å². The van der Waals surface area contributed by atoms with Gasteiger partial charge in [-0.3, -0.25) is 0 Å². The summed E-state index contributed by atoms with van der Waals surface area (Å²) in [5, 5.41) is 18.1. The first-order chi connectivity index (χ1) is 6.42. The summed E-state index contributed by atoms with van der Waals surface area (Å²) in [6, 6.07) is 6.54. The third-order valence-corrected chi connectivity index (χ3v) is 1.50. The molecule has 14 heavy (non-hydrogen) atoms. The summed E-state index contributed by atoms with van der Waals surface area (Å²) < 4.78 is 5.47. The molecule has 0 saturated carbocycles. The van der Waals surface area contributed by atoms with Gasteiger partial charge in [-0.25, -0.2) is 0 Å². The van der Waals surface area contributed by atoms with Crippen LogP contribution >= 0.6 is 0 Å². The van der Waals surface area contributed by atoms with E-state index >= 15 is 0 Å². The highest BCUT2D eigenvalue weighted by Crippen LogP contribution is 2.29. The van der Waals surface area contributed by atoms with E-state index in [1.165, 1.54) is 6.07 Å². The number of ether oxygens (including phenoxy) is 1. The Balaban J connectivity index is 2.97. The topological polar surface area (TPSA) is 53.2 Å². The first-order valence-corrected chi connectivity index (χ1v) is 4.34. The van der Waals surface area contributed by atoms with Crippen LogP contribution in [0.2, 0.25) is 0 Å². The lowest BCUT2D eigenvalue weighted by Gasteiger charge is -2.21. The Hall–Kier alpha value is -1.69. The summed E-state index contributed by atoms with van der Waals surface area (Å²) >= 11 is 0. The highest BCUT2D eigenvalue weighted by atomic mass is 16.5. The van der Waals surface area contributed by atoms with Crippen LogP contribution in [-0.4, -0.2) is 10.7 Å². The van der Waals surface area contributed by atoms with E-state index in [2.05, 4.69) is 0 Å². The predicted molar refractivity (Wildman–Crippen MR) is 53.2 cm³/mol. The molecule has 1 aromatic rings. The quantitative estimate of drug-likeness (QED) is 0.741. The number of aromatic hydroxyl groups is 1. The second-order valence-corrected chi connectivity index (χ2v) is 4.01. The second kappa shape index (κ2) is 3.59. The minimum absolute atomic E-state index is 0.000949. The summed E-state index contributed by atoms with van der Waals surface area (Å²) in [5.41, 5.74) is 0.0646. The lowest BCUT2D eigenvalue weighted by molar-refractivity contribution is 0.126. The zero-order chi connectivity index (χ0) is 10.8. The van der Waals surface area contributed by atoms with Crippen LogP contribution in [0.4, 0.5) is 0 Å². The Morgan fingerprint density at radius 1 is 1.36 bits per heavy atom. The molecule has 1 rings (SSSR count). The number of rotatable bonds is 1. The van der Waals surface area contributed by atoms with E-state index in [0.717, 1.165) is 0 Å². The molecule has 1 N–H and O–H groups in total. The molecule has 0 fully saturated rings. The number of benzene rings is 1. The van der Waals surface area contributed by atoms with Crippen LogP contribution in [-0.2, 0) is 0 Å². The normalized spacial score (nSPS) is 10.7. The molecule has 0 bridgehead atoms. The van der Waals surface area contributed by atoms with Crippen molar-refractivity contribution in [1.82, 2.24) is 0 Å². The second-order valence-electron chi connectivity index (χ2n) is 4.01. The van der Waals surface area contributed by atoms with Crippen LogP contribution in [0.5, 0.6) is 11.5 Å². The van der Waals surface area contributed by atoms with Gasteiger partial charge in [-0.15, -0.1) is 0 Å². The molecule has 1 aromatic carbocycles. The molecule has 3 heteroatoms. The number of phenols is 1. The van der Waals surface area contributed by atoms with Gasteiger partial charge in [-0.2, -0.15) is 5.26 Å². The molecule has 0 spiro atoms. The van der Waals surface area contributed by atoms with Gasteiger partial charge in [0.1, 0.15) is 5.60 Å². The maximum atomic E-state index is 9.51. The van der Waals surface area contributed by atoms with Crippen molar-refractivity contribution in [2.45, 2.75) is 26.4 Å². The number of hydrogen-bond acceptors (Lipinski definition) is 3. The fourth-order valence-corrected chi connectivity index (χ4v) is 1.00. The smallest absolute Gasteiger partial charge is 0.161 e. The van der Waals surface area contributed by atoms with Crippen molar-refractivity contribution in [3.05, 3.63) is 23.8 Å². The summed E-state index contributed by atoms with van der Waals surface area (Å²) in [5.74, 6) is 0.399. The van der Waals surface area contributed by atoms with Gasteiger partial charge in [0.2, 0.25) is 0 Å². The average molecular weight is 191 g/mol. The first kappa shape index (κ1) is 10.4. The highest BCUT2D eigenvalue weighted by molar-refractivity contribution is 5.45. The molecule has 0 aliphatic heterocycles. The first-order valence-electron chi connectivity index (χ1n) is 4.34. The molecule has 0 heterocycles. The van der Waals surface area contributed by atoms with Crippen molar-refractivity contribution in [2.75, 3.05) is 0 Å². The third-order valence-electron chi connectivity index (χ3n) is 1.50. The summed E-state index contributed by atoms with van der Waals surface area (Å²) in [7, 11) is 0. The Morgan fingerprint density at radius 3 is 2.43 bits per heavy atom. The van der Waals surface area contributed by atoms with E-state index < -0.39 is 0 Å². The van der Waals surface area contributed by atoms with Gasteiger partial charge in [0.15, 0.2) is 11.5 Å². The van der Waals surface area contributed by atoms with E-state index in [9.17, 15) is 5.11 Å². The van der Waals surface area contributed by atoms with Crippen molar-refractivity contribution >= 4 is 0 Å². The highest BCUT2D eigenvalue weighted by Gasteiger charge is 2.14. The van der Waals surface area contributed by atoms with Crippen LogP contribution in [0.1, 0.15) is 26.3 Å². The molecule has 0 amide bonds. The molecule has 0 aromatic heterocycles. The molecule has 0 saturated heterocycles. The Morgan fingerprint density at radius 2 is 2.00 bits per heavy atom. The molecule has 3 nitrogen and oxygen atoms in total. The maximum absolute atomic E-state index is 9.51. The van der Waals surface area contributed by atoms with Crippen molar-refractivity contribution in [2.24, 2.45) is 0 Å². The van der Waals surface area contributed by atoms with Gasteiger partial charge < -0.3 is 9.84 Å². The molecular formula is C11H13NO2. The Bertz CT molecular complexity index is 372. The molecule has 0 aliphatic carbocycles. The van der Waals surface area contributed by atoms with Crippen molar-refractivity contribution in [1.29, 1.82) is 5.26 Å². The average Bonchev–Trinajstić information content (AvgIpc) is 2.06. The van der Waals surface area contributed by atoms with Crippen molar-refractivity contribution in [3.8, 4) is 17.6 Å². The van der Waals surface area contributed by atoms with E-state index in [1.807, 2.05) is 26.8 Å². The molecule has 0 radical (unpaired) electrons. The van der Waals surface area contributed by atoms with Gasteiger partial charge in [0.05, 0.1) is 11.6 Å². The zero-order valence-electron chi connectivity index (χ0n) is 8.53. The van der Waals surface area contributed by atoms with Gasteiger partial charge in [0.25, 0.3) is 0 Å². The summed E-state index contributed by atoms with van der Waals surface area (Å²) in [4.78, 5) is 0. The lowest BCUT2D eigenvalue weighted by atomic mass is 10.1. The standard InChI is InChI=1S/C11H13NO2/c1-11(2,3)14-10-5-4-8(7-12)6-9(10)13/h4-6,13H,1-3H3. The fraction of sp³-hybridized carbons (Fsp3) is 0.364. The van der Waals surface area contributed by atoms with Crippen LogP contribution in [0.15, 0.2) is 18.2 Å². The fourth-order valence-electron chi connectivity index (χ4n) is 1.00. The summed E-state index contributed by atoms with van der Waals surface area (Å²) in [6.45, 7) is 5.68. The van der Waals surface area contributed by atoms with Crippen LogP contribution in [0.25, 0.3) is 0 Å². The Labute approximate surface area is 83.6 Å². The molecular weight excluding hydrogens is 178 g/mol. The Kier molecular flexibility index (Phi) is 2.66. The minimum Gasteiger partial charge on any atom is -0.504 e. The largest absolute Gasteiger partial charge is 0.504 e. The van der Waals surface area contributed by atoms with E-state index in [-0.39, 0.29) is 11.4 Å². The van der Waals surface area contributed by atoms with E-state index in [0.29, 0.717) is 11.3 Å². The molecule has 0 unspecified atom stereocenters. The zero-order valence-corrected chi connectivity index (χ0v) is 8.53. The van der Waals surface area contributed by atoms with E-state index in [4.69, 9.17) is 10.00 Å². The van der Waals surface area contributed by atoms with Crippen molar-refractivity contribution < 1.29 is 9.84 Å². The SMILES string of the molecule is CC(C)(C)Oc1ccc(C#N)cc1O. The number of nitrogens with zero attached hydrogens (tertiary/aromatic N) is 1. The number of hydrogen-bond donors (Lipinski definition) is 1. The monoisotopic (exact) mass is 191 g/mol. The van der Waals surface area contributed by atoms with Crippen LogP contribution in [0, 0.1) is 11.3 Å². The van der Waals surface area contributed by atoms with Gasteiger partial charge in [-0.1, -0.05) is 0 Å². The maximum Gasteiger partial charge on any atom is 0.161 e. The van der Waals surface area contributed by atoms with E-state index in [1.54, 1.807) is 12.1 Å².